The van der Waals surface area contributed by atoms with Crippen LogP contribution in [0.25, 0.3) is 0 Å². The molecule has 1 aliphatic rings. The first-order chi connectivity index (χ1) is 10.2. The second-order valence-electron chi connectivity index (χ2n) is 5.93. The zero-order valence-electron chi connectivity index (χ0n) is 13.3. The third kappa shape index (κ3) is 3.99. The highest BCUT2D eigenvalue weighted by Gasteiger charge is 2.18. The van der Waals surface area contributed by atoms with Crippen LogP contribution in [0.2, 0.25) is 0 Å². The second kappa shape index (κ2) is 7.48. The summed E-state index contributed by atoms with van der Waals surface area (Å²) in [4.78, 5) is 12.3. The number of rotatable bonds is 5. The van der Waals surface area contributed by atoms with E-state index in [0.29, 0.717) is 6.04 Å². The Labute approximate surface area is 127 Å². The fourth-order valence-corrected chi connectivity index (χ4v) is 3.16. The molecule has 1 heterocycles. The van der Waals surface area contributed by atoms with E-state index in [1.54, 1.807) is 4.68 Å². The number of hydrogen-bond donors (Lipinski definition) is 2. The zero-order valence-corrected chi connectivity index (χ0v) is 13.3. The van der Waals surface area contributed by atoms with Crippen molar-refractivity contribution in [1.82, 2.24) is 15.1 Å². The summed E-state index contributed by atoms with van der Waals surface area (Å²) < 4.78 is 1.78. The molecule has 0 aliphatic heterocycles. The van der Waals surface area contributed by atoms with Crippen LogP contribution in [-0.4, -0.2) is 21.7 Å². The first-order valence-corrected chi connectivity index (χ1v) is 8.29. The smallest absolute Gasteiger partial charge is 0.241 e. The number of aryl methyl sites for hydroxylation is 1. The molecule has 1 aliphatic carbocycles. The molecule has 0 atom stereocenters. The van der Waals surface area contributed by atoms with Gasteiger partial charge in [-0.25, -0.2) is 0 Å². The molecule has 0 saturated heterocycles. The molecule has 1 aromatic rings. The average molecular weight is 292 g/mol. The molecule has 5 nitrogen and oxygen atoms in total. The molecule has 0 unspecified atom stereocenters. The van der Waals surface area contributed by atoms with E-state index >= 15 is 0 Å². The van der Waals surface area contributed by atoms with Gasteiger partial charge in [-0.2, -0.15) is 5.10 Å². The van der Waals surface area contributed by atoms with Crippen molar-refractivity contribution in [3.63, 3.8) is 0 Å². The minimum absolute atomic E-state index is 0.0572. The van der Waals surface area contributed by atoms with Gasteiger partial charge in [-0.3, -0.25) is 9.48 Å². The van der Waals surface area contributed by atoms with E-state index in [2.05, 4.69) is 10.4 Å². The van der Waals surface area contributed by atoms with Crippen LogP contribution in [0.3, 0.4) is 0 Å². The fraction of sp³-hybridized carbons (Fsp3) is 0.750. The van der Waals surface area contributed by atoms with Crippen LogP contribution < -0.4 is 11.1 Å². The molecule has 3 N–H and O–H groups in total. The predicted molar refractivity (Wildman–Crippen MR) is 85.0 cm³/mol. The van der Waals surface area contributed by atoms with Crippen LogP contribution >= 0.6 is 0 Å². The van der Waals surface area contributed by atoms with Crippen molar-refractivity contribution in [3.05, 3.63) is 11.4 Å². The zero-order chi connectivity index (χ0) is 15.2. The van der Waals surface area contributed by atoms with E-state index in [-0.39, 0.29) is 12.5 Å². The topological polar surface area (TPSA) is 72.9 Å². The van der Waals surface area contributed by atoms with E-state index in [1.165, 1.54) is 25.7 Å². The van der Waals surface area contributed by atoms with E-state index in [0.717, 1.165) is 42.8 Å². The summed E-state index contributed by atoms with van der Waals surface area (Å²) in [5.41, 5.74) is 8.72. The number of nitrogens with one attached hydrogen (secondary N) is 1. The van der Waals surface area contributed by atoms with Gasteiger partial charge in [0.25, 0.3) is 0 Å². The maximum atomic E-state index is 12.3. The van der Waals surface area contributed by atoms with Crippen molar-refractivity contribution in [1.29, 1.82) is 0 Å². The molecule has 1 fully saturated rings. The molecule has 1 aromatic heterocycles. The maximum absolute atomic E-state index is 12.3. The van der Waals surface area contributed by atoms with Crippen LogP contribution in [0.15, 0.2) is 0 Å². The van der Waals surface area contributed by atoms with E-state index in [9.17, 15) is 4.79 Å². The monoisotopic (exact) mass is 292 g/mol. The Kier molecular flexibility index (Phi) is 5.65. The van der Waals surface area contributed by atoms with Crippen molar-refractivity contribution in [2.75, 3.05) is 5.73 Å². The SMILES string of the molecule is CCc1nn(CC(=O)NC2CCCCCC2)c(CC)c1N. The average Bonchev–Trinajstić information content (AvgIpc) is 2.64. The van der Waals surface area contributed by atoms with Gasteiger partial charge in [0.15, 0.2) is 0 Å². The van der Waals surface area contributed by atoms with Crippen LogP contribution in [0.1, 0.15) is 63.8 Å². The minimum atomic E-state index is 0.0572. The third-order valence-electron chi connectivity index (χ3n) is 4.36. The van der Waals surface area contributed by atoms with Crippen molar-refractivity contribution < 1.29 is 4.79 Å². The number of hydrogen-bond acceptors (Lipinski definition) is 3. The van der Waals surface area contributed by atoms with Gasteiger partial charge in [-0.15, -0.1) is 0 Å². The van der Waals surface area contributed by atoms with Gasteiger partial charge < -0.3 is 11.1 Å². The number of carbonyl (C=O) groups excluding carboxylic acids is 1. The number of nitrogen functional groups attached to an aromatic ring is 1. The summed E-state index contributed by atoms with van der Waals surface area (Å²) in [6, 6.07) is 0.337. The molecule has 21 heavy (non-hydrogen) atoms. The summed E-state index contributed by atoms with van der Waals surface area (Å²) in [6.07, 6.45) is 8.84. The van der Waals surface area contributed by atoms with Gasteiger partial charge in [-0.1, -0.05) is 39.5 Å². The van der Waals surface area contributed by atoms with Gasteiger partial charge in [0.2, 0.25) is 5.91 Å². The molecule has 0 aromatic carbocycles. The third-order valence-corrected chi connectivity index (χ3v) is 4.36. The van der Waals surface area contributed by atoms with Crippen LogP contribution in [0.4, 0.5) is 5.69 Å². The van der Waals surface area contributed by atoms with Crippen LogP contribution in [0.5, 0.6) is 0 Å². The van der Waals surface area contributed by atoms with Crippen molar-refractivity contribution in [2.24, 2.45) is 0 Å². The minimum Gasteiger partial charge on any atom is -0.396 e. The maximum Gasteiger partial charge on any atom is 0.241 e. The molecule has 118 valence electrons. The lowest BCUT2D eigenvalue weighted by Crippen LogP contribution is -2.37. The first-order valence-electron chi connectivity index (χ1n) is 8.29. The first kappa shape index (κ1) is 15.9. The molecular formula is C16H28N4O. The lowest BCUT2D eigenvalue weighted by Gasteiger charge is -2.16. The molecule has 0 bridgehead atoms. The Balaban J connectivity index is 1.98. The van der Waals surface area contributed by atoms with Crippen molar-refractivity contribution in [3.8, 4) is 0 Å². The summed E-state index contributed by atoms with van der Waals surface area (Å²) in [5.74, 6) is 0.0572. The Morgan fingerprint density at radius 3 is 2.48 bits per heavy atom. The van der Waals surface area contributed by atoms with E-state index in [1.807, 2.05) is 13.8 Å². The molecule has 0 radical (unpaired) electrons. The molecule has 2 rings (SSSR count). The quantitative estimate of drug-likeness (QED) is 0.819. The standard InChI is InChI=1S/C16H28N4O/c1-3-13-16(17)14(4-2)20(19-13)11-15(21)18-12-9-7-5-6-8-10-12/h12H,3-11,17H2,1-2H3,(H,18,21). The van der Waals surface area contributed by atoms with Gasteiger partial charge in [-0.05, 0) is 25.7 Å². The molecule has 0 spiro atoms. The molecule has 5 heteroatoms. The molecule has 1 amide bonds. The largest absolute Gasteiger partial charge is 0.396 e. The van der Waals surface area contributed by atoms with E-state index < -0.39 is 0 Å². The van der Waals surface area contributed by atoms with Crippen molar-refractivity contribution >= 4 is 11.6 Å². The van der Waals surface area contributed by atoms with Crippen molar-refractivity contribution in [2.45, 2.75) is 77.8 Å². The Morgan fingerprint density at radius 1 is 1.24 bits per heavy atom. The number of nitrogens with zero attached hydrogens (tertiary/aromatic N) is 2. The van der Waals surface area contributed by atoms with Crippen LogP contribution in [-0.2, 0) is 24.2 Å². The molecular weight excluding hydrogens is 264 g/mol. The molecule has 1 saturated carbocycles. The Hall–Kier alpha value is -1.52. The summed E-state index contributed by atoms with van der Waals surface area (Å²) >= 11 is 0. The summed E-state index contributed by atoms with van der Waals surface area (Å²) in [7, 11) is 0. The normalized spacial score (nSPS) is 16.7. The fourth-order valence-electron chi connectivity index (χ4n) is 3.16. The van der Waals surface area contributed by atoms with Gasteiger partial charge in [0, 0.05) is 6.04 Å². The van der Waals surface area contributed by atoms with Crippen LogP contribution in [0, 0.1) is 0 Å². The predicted octanol–water partition coefficient (Wildman–Crippen LogP) is 2.43. The summed E-state index contributed by atoms with van der Waals surface area (Å²) in [6.45, 7) is 4.37. The highest BCUT2D eigenvalue weighted by Crippen LogP contribution is 2.19. The number of aromatic nitrogens is 2. The van der Waals surface area contributed by atoms with E-state index in [4.69, 9.17) is 5.73 Å². The van der Waals surface area contributed by atoms with Gasteiger partial charge >= 0.3 is 0 Å². The Bertz CT molecular complexity index is 473. The highest BCUT2D eigenvalue weighted by atomic mass is 16.2. The number of amides is 1. The number of carbonyl (C=O) groups is 1. The highest BCUT2D eigenvalue weighted by molar-refractivity contribution is 5.76. The Morgan fingerprint density at radius 2 is 1.90 bits per heavy atom. The number of nitrogens with two attached hydrogens (primary N) is 1. The lowest BCUT2D eigenvalue weighted by molar-refractivity contribution is -0.122. The van der Waals surface area contributed by atoms with Gasteiger partial charge in [0.05, 0.1) is 17.1 Å². The second-order valence-corrected chi connectivity index (χ2v) is 5.93. The van der Waals surface area contributed by atoms with Gasteiger partial charge in [0.1, 0.15) is 6.54 Å². The number of anilines is 1. The lowest BCUT2D eigenvalue weighted by atomic mass is 10.1. The summed E-state index contributed by atoms with van der Waals surface area (Å²) in [5, 5.41) is 7.65.